The van der Waals surface area contributed by atoms with Crippen LogP contribution < -0.4 is 5.32 Å². The van der Waals surface area contributed by atoms with Crippen LogP contribution in [0.4, 0.5) is 0 Å². The van der Waals surface area contributed by atoms with Crippen LogP contribution in [0.25, 0.3) is 16.5 Å². The maximum absolute atomic E-state index is 11.4. The molecule has 1 aromatic carbocycles. The van der Waals surface area contributed by atoms with Crippen molar-refractivity contribution in [3.8, 4) is 6.07 Å². The fourth-order valence-electron chi connectivity index (χ4n) is 4.81. The highest BCUT2D eigenvalue weighted by Gasteiger charge is 2.30. The number of nitrogens with zero attached hydrogens (tertiary/aromatic N) is 2. The Kier molecular flexibility index (Phi) is 4.64. The topological polar surface area (TPSA) is 57.8 Å². The number of fused-ring (bicyclic) bond motifs is 1. The van der Waals surface area contributed by atoms with Crippen LogP contribution in [0.15, 0.2) is 36.4 Å². The number of hydrogen-bond acceptors (Lipinski definition) is 3. The first-order valence-corrected chi connectivity index (χ1v) is 10.9. The Hall–Kier alpha value is -2.64. The van der Waals surface area contributed by atoms with Crippen LogP contribution in [0, 0.1) is 17.2 Å². The van der Waals surface area contributed by atoms with Gasteiger partial charge in [0.1, 0.15) is 12.4 Å². The van der Waals surface area contributed by atoms with Crippen molar-refractivity contribution in [2.24, 2.45) is 5.92 Å². The van der Waals surface area contributed by atoms with E-state index in [-0.39, 0.29) is 0 Å². The molecule has 5 rings (SSSR count). The molecule has 1 aromatic heterocycles. The SMILES string of the molecule is C[C@@H](NC1C=CC(c2c(C#N)c3ccc(C=O)cc3n2C2CCC2)=CC1)C1CC1. The second-order valence-electron chi connectivity index (χ2n) is 8.84. The molecule has 4 heteroatoms. The molecule has 1 heterocycles. The minimum atomic E-state index is 0.364. The van der Waals surface area contributed by atoms with Gasteiger partial charge in [0.2, 0.25) is 0 Å². The molecule has 2 fully saturated rings. The van der Waals surface area contributed by atoms with Gasteiger partial charge in [-0.3, -0.25) is 4.79 Å². The molecule has 0 amide bonds. The molecule has 0 spiro atoms. The van der Waals surface area contributed by atoms with E-state index in [4.69, 9.17) is 0 Å². The van der Waals surface area contributed by atoms with Gasteiger partial charge in [-0.25, -0.2) is 0 Å². The average Bonchev–Trinajstić information content (AvgIpc) is 3.51. The third-order valence-corrected chi connectivity index (χ3v) is 6.90. The molecule has 1 unspecified atom stereocenters. The van der Waals surface area contributed by atoms with E-state index in [0.29, 0.717) is 23.7 Å². The van der Waals surface area contributed by atoms with Crippen LogP contribution in [-0.4, -0.2) is 22.9 Å². The van der Waals surface area contributed by atoms with E-state index in [0.717, 1.165) is 59.2 Å². The lowest BCUT2D eigenvalue weighted by molar-refractivity contribution is 0.112. The summed E-state index contributed by atoms with van der Waals surface area (Å²) in [6.07, 6.45) is 14.7. The molecule has 2 atom stereocenters. The van der Waals surface area contributed by atoms with Gasteiger partial charge in [-0.1, -0.05) is 30.4 Å². The van der Waals surface area contributed by atoms with Crippen LogP contribution in [0.2, 0.25) is 0 Å². The second-order valence-corrected chi connectivity index (χ2v) is 8.84. The molecule has 3 aliphatic rings. The Morgan fingerprint density at radius 1 is 1.28 bits per heavy atom. The Morgan fingerprint density at radius 3 is 2.69 bits per heavy atom. The van der Waals surface area contributed by atoms with Gasteiger partial charge in [0.15, 0.2) is 0 Å². The van der Waals surface area contributed by atoms with Crippen molar-refractivity contribution in [2.75, 3.05) is 0 Å². The van der Waals surface area contributed by atoms with Gasteiger partial charge >= 0.3 is 0 Å². The van der Waals surface area contributed by atoms with Crippen molar-refractivity contribution in [3.63, 3.8) is 0 Å². The summed E-state index contributed by atoms with van der Waals surface area (Å²) >= 11 is 0. The smallest absolute Gasteiger partial charge is 0.150 e. The van der Waals surface area contributed by atoms with Gasteiger partial charge in [-0.05, 0) is 63.0 Å². The van der Waals surface area contributed by atoms with Gasteiger partial charge in [0.05, 0.1) is 16.8 Å². The number of carbonyl (C=O) groups is 1. The number of allylic oxidation sites excluding steroid dienone is 2. The Balaban J connectivity index is 1.54. The summed E-state index contributed by atoms with van der Waals surface area (Å²) in [5.74, 6) is 0.840. The first kappa shape index (κ1) is 18.4. The van der Waals surface area contributed by atoms with Crippen LogP contribution in [0.1, 0.15) is 73.1 Å². The van der Waals surface area contributed by atoms with Crippen molar-refractivity contribution >= 4 is 22.8 Å². The number of aromatic nitrogens is 1. The molecule has 0 radical (unpaired) electrons. The van der Waals surface area contributed by atoms with Crippen molar-refractivity contribution < 1.29 is 4.79 Å². The Labute approximate surface area is 171 Å². The lowest BCUT2D eigenvalue weighted by atomic mass is 9.91. The number of nitrogens with one attached hydrogen (secondary N) is 1. The van der Waals surface area contributed by atoms with Crippen molar-refractivity contribution in [3.05, 3.63) is 53.2 Å². The highest BCUT2D eigenvalue weighted by molar-refractivity contribution is 5.97. The molecule has 3 aliphatic carbocycles. The van der Waals surface area contributed by atoms with Crippen LogP contribution in [0.5, 0.6) is 0 Å². The molecule has 0 aliphatic heterocycles. The monoisotopic (exact) mass is 385 g/mol. The number of aldehydes is 1. The summed E-state index contributed by atoms with van der Waals surface area (Å²) in [5, 5.41) is 14.7. The maximum Gasteiger partial charge on any atom is 0.150 e. The number of hydrogen-bond donors (Lipinski definition) is 1. The fraction of sp³-hybridized carbons (Fsp3) is 0.440. The van der Waals surface area contributed by atoms with Crippen LogP contribution in [0.3, 0.4) is 0 Å². The van der Waals surface area contributed by atoms with E-state index in [1.54, 1.807) is 0 Å². The number of nitriles is 1. The summed E-state index contributed by atoms with van der Waals surface area (Å²) in [7, 11) is 0. The first-order chi connectivity index (χ1) is 14.2. The van der Waals surface area contributed by atoms with Crippen molar-refractivity contribution in [2.45, 2.75) is 63.6 Å². The molecule has 1 N–H and O–H groups in total. The largest absolute Gasteiger partial charge is 0.336 e. The maximum atomic E-state index is 11.4. The van der Waals surface area contributed by atoms with Gasteiger partial charge in [-0.15, -0.1) is 0 Å². The summed E-state index contributed by atoms with van der Waals surface area (Å²) in [6.45, 7) is 2.29. The van der Waals surface area contributed by atoms with Gasteiger partial charge in [0, 0.05) is 29.1 Å². The number of carbonyl (C=O) groups excluding carboxylic acids is 1. The molecule has 148 valence electrons. The fourth-order valence-corrected chi connectivity index (χ4v) is 4.81. The molecule has 0 bridgehead atoms. The Bertz CT molecular complexity index is 1060. The van der Waals surface area contributed by atoms with Crippen LogP contribution in [-0.2, 0) is 0 Å². The Morgan fingerprint density at radius 2 is 2.10 bits per heavy atom. The zero-order valence-corrected chi connectivity index (χ0v) is 16.9. The normalized spacial score (nSPS) is 22.8. The third kappa shape index (κ3) is 3.24. The first-order valence-electron chi connectivity index (χ1n) is 10.9. The van der Waals surface area contributed by atoms with E-state index < -0.39 is 0 Å². The van der Waals surface area contributed by atoms with Crippen molar-refractivity contribution in [1.82, 2.24) is 9.88 Å². The minimum Gasteiger partial charge on any atom is -0.336 e. The summed E-state index contributed by atoms with van der Waals surface area (Å²) in [6, 6.07) is 9.50. The molecule has 0 saturated heterocycles. The van der Waals surface area contributed by atoms with E-state index in [9.17, 15) is 10.1 Å². The van der Waals surface area contributed by atoms with Crippen LogP contribution >= 0.6 is 0 Å². The molecular formula is C25H27N3O. The van der Waals surface area contributed by atoms with E-state index in [1.807, 2.05) is 18.2 Å². The van der Waals surface area contributed by atoms with Gasteiger partial charge in [-0.2, -0.15) is 5.26 Å². The highest BCUT2D eigenvalue weighted by Crippen LogP contribution is 2.42. The molecular weight excluding hydrogens is 358 g/mol. The predicted molar refractivity (Wildman–Crippen MR) is 116 cm³/mol. The highest BCUT2D eigenvalue weighted by atomic mass is 16.1. The van der Waals surface area contributed by atoms with E-state index in [1.165, 1.54) is 19.3 Å². The van der Waals surface area contributed by atoms with E-state index in [2.05, 4.69) is 41.1 Å². The quantitative estimate of drug-likeness (QED) is 0.700. The summed E-state index contributed by atoms with van der Waals surface area (Å²) in [4.78, 5) is 11.4. The predicted octanol–water partition coefficient (Wildman–Crippen LogP) is 5.15. The van der Waals surface area contributed by atoms with Gasteiger partial charge in [0.25, 0.3) is 0 Å². The minimum absolute atomic E-state index is 0.364. The lowest BCUT2D eigenvalue weighted by Gasteiger charge is -2.31. The molecule has 2 aromatic rings. The summed E-state index contributed by atoms with van der Waals surface area (Å²) < 4.78 is 2.33. The number of rotatable bonds is 6. The summed E-state index contributed by atoms with van der Waals surface area (Å²) in [5.41, 5.74) is 4.58. The standard InChI is InChI=1S/C25H27N3O/c1-16(18-6-7-18)27-20-10-8-19(9-11-20)25-23(14-26)22-12-5-17(15-29)13-24(22)28(25)21-3-2-4-21/h5,8-10,12-13,15-16,18,20-21,27H,2-4,6-7,11H2,1H3/t16-,20?/m1/s1. The lowest BCUT2D eigenvalue weighted by Crippen LogP contribution is -2.37. The third-order valence-electron chi connectivity index (χ3n) is 6.90. The molecule has 4 nitrogen and oxygen atoms in total. The van der Waals surface area contributed by atoms with E-state index >= 15 is 0 Å². The molecule has 2 saturated carbocycles. The average molecular weight is 386 g/mol. The molecule has 29 heavy (non-hydrogen) atoms. The zero-order valence-electron chi connectivity index (χ0n) is 16.9. The van der Waals surface area contributed by atoms with Gasteiger partial charge < -0.3 is 9.88 Å². The van der Waals surface area contributed by atoms with Crippen molar-refractivity contribution in [1.29, 1.82) is 5.26 Å². The number of benzene rings is 1. The zero-order chi connectivity index (χ0) is 20.0. The second kappa shape index (κ2) is 7.31.